The predicted molar refractivity (Wildman–Crippen MR) is 45.0 cm³/mol. The van der Waals surface area contributed by atoms with E-state index in [1.165, 1.54) is 0 Å². The molecular weight excluding hydrogens is 154 g/mol. The number of hydrogen-bond donors (Lipinski definition) is 0. The number of pyridine rings is 1. The number of Topliss-reactive ketones (excluding diaryl/α,β-unsaturated/α-hetero) is 1. The van der Waals surface area contributed by atoms with Gasteiger partial charge in [-0.3, -0.25) is 4.79 Å². The molecule has 0 radical (unpaired) electrons. The summed E-state index contributed by atoms with van der Waals surface area (Å²) in [5.74, 6) is 0.699. The monoisotopic (exact) mass is 165 g/mol. The van der Waals surface area contributed by atoms with E-state index in [1.807, 2.05) is 12.1 Å². The van der Waals surface area contributed by atoms with Gasteiger partial charge in [0.15, 0.2) is 0 Å². The van der Waals surface area contributed by atoms with Crippen LogP contribution in [0.5, 0.6) is 5.88 Å². The molecule has 0 aliphatic carbocycles. The fraction of sp³-hybridized carbons (Fsp3) is 0.333. The van der Waals surface area contributed by atoms with E-state index in [0.717, 1.165) is 0 Å². The van der Waals surface area contributed by atoms with Crippen LogP contribution in [0.1, 0.15) is 13.3 Å². The first kappa shape index (κ1) is 8.71. The maximum absolute atomic E-state index is 10.5. The van der Waals surface area contributed by atoms with Gasteiger partial charge in [0.2, 0.25) is 5.88 Å². The Hall–Kier alpha value is -1.38. The minimum Gasteiger partial charge on any atom is -0.477 e. The van der Waals surface area contributed by atoms with E-state index < -0.39 is 0 Å². The Bertz CT molecular complexity index is 246. The molecule has 0 aliphatic heterocycles. The molecule has 1 heterocycles. The van der Waals surface area contributed by atoms with Crippen LogP contribution in [0.15, 0.2) is 24.4 Å². The van der Waals surface area contributed by atoms with Gasteiger partial charge in [0.25, 0.3) is 0 Å². The van der Waals surface area contributed by atoms with E-state index in [2.05, 4.69) is 4.98 Å². The average Bonchev–Trinajstić information content (AvgIpc) is 2.05. The normalized spacial score (nSPS) is 9.42. The molecule has 0 bridgehead atoms. The second-order valence-corrected chi connectivity index (χ2v) is 2.47. The van der Waals surface area contributed by atoms with Crippen molar-refractivity contribution in [2.75, 3.05) is 6.61 Å². The Kier molecular flexibility index (Phi) is 3.26. The second-order valence-electron chi connectivity index (χ2n) is 2.47. The molecule has 0 amide bonds. The van der Waals surface area contributed by atoms with Gasteiger partial charge in [0, 0.05) is 18.7 Å². The molecule has 64 valence electrons. The van der Waals surface area contributed by atoms with Crippen molar-refractivity contribution >= 4 is 5.78 Å². The maximum atomic E-state index is 10.5. The molecule has 0 N–H and O–H groups in total. The topological polar surface area (TPSA) is 39.2 Å². The summed E-state index contributed by atoms with van der Waals surface area (Å²) in [6.07, 6.45) is 2.10. The lowest BCUT2D eigenvalue weighted by Crippen LogP contribution is -2.03. The van der Waals surface area contributed by atoms with Gasteiger partial charge in [0.1, 0.15) is 5.78 Å². The average molecular weight is 165 g/mol. The van der Waals surface area contributed by atoms with Crippen LogP contribution < -0.4 is 4.74 Å². The van der Waals surface area contributed by atoms with E-state index in [1.54, 1.807) is 19.2 Å². The highest BCUT2D eigenvalue weighted by atomic mass is 16.5. The van der Waals surface area contributed by atoms with E-state index in [9.17, 15) is 4.79 Å². The Morgan fingerprint density at radius 3 is 3.00 bits per heavy atom. The molecule has 0 saturated carbocycles. The minimum absolute atomic E-state index is 0.130. The maximum Gasteiger partial charge on any atom is 0.213 e. The Morgan fingerprint density at radius 2 is 2.42 bits per heavy atom. The van der Waals surface area contributed by atoms with Gasteiger partial charge < -0.3 is 4.74 Å². The van der Waals surface area contributed by atoms with Crippen LogP contribution >= 0.6 is 0 Å². The van der Waals surface area contributed by atoms with Crippen molar-refractivity contribution in [1.29, 1.82) is 0 Å². The quantitative estimate of drug-likeness (QED) is 0.677. The van der Waals surface area contributed by atoms with Crippen molar-refractivity contribution in [2.24, 2.45) is 0 Å². The van der Waals surface area contributed by atoms with Crippen LogP contribution in [0, 0.1) is 0 Å². The van der Waals surface area contributed by atoms with E-state index in [4.69, 9.17) is 4.74 Å². The third-order valence-electron chi connectivity index (χ3n) is 1.34. The van der Waals surface area contributed by atoms with E-state index in [-0.39, 0.29) is 5.78 Å². The first-order chi connectivity index (χ1) is 5.79. The van der Waals surface area contributed by atoms with Crippen molar-refractivity contribution in [3.63, 3.8) is 0 Å². The van der Waals surface area contributed by atoms with Gasteiger partial charge in [-0.1, -0.05) is 6.07 Å². The smallest absolute Gasteiger partial charge is 0.213 e. The van der Waals surface area contributed by atoms with Crippen LogP contribution in [0.3, 0.4) is 0 Å². The summed E-state index contributed by atoms with van der Waals surface area (Å²) >= 11 is 0. The molecule has 0 fully saturated rings. The third-order valence-corrected chi connectivity index (χ3v) is 1.34. The number of rotatable bonds is 4. The lowest BCUT2D eigenvalue weighted by molar-refractivity contribution is -0.117. The largest absolute Gasteiger partial charge is 0.477 e. The van der Waals surface area contributed by atoms with Crippen LogP contribution in [-0.2, 0) is 4.79 Å². The zero-order valence-corrected chi connectivity index (χ0v) is 6.99. The molecule has 0 unspecified atom stereocenters. The van der Waals surface area contributed by atoms with Gasteiger partial charge in [-0.25, -0.2) is 4.98 Å². The number of nitrogens with zero attached hydrogens (tertiary/aromatic N) is 1. The summed E-state index contributed by atoms with van der Waals surface area (Å²) in [5, 5.41) is 0. The Morgan fingerprint density at radius 1 is 1.58 bits per heavy atom. The summed E-state index contributed by atoms with van der Waals surface area (Å²) in [6.45, 7) is 1.95. The SMILES string of the molecule is CC(=O)CCOc1ccccn1. The number of carbonyl (C=O) groups excluding carboxylic acids is 1. The fourth-order valence-electron chi connectivity index (χ4n) is 0.732. The number of carbonyl (C=O) groups is 1. The molecule has 1 aromatic heterocycles. The van der Waals surface area contributed by atoms with Crippen LogP contribution in [0.2, 0.25) is 0 Å². The molecule has 0 aliphatic rings. The summed E-state index contributed by atoms with van der Waals surface area (Å²) in [6, 6.07) is 5.42. The molecule has 1 aromatic rings. The van der Waals surface area contributed by atoms with Crippen molar-refractivity contribution in [1.82, 2.24) is 4.98 Å². The van der Waals surface area contributed by atoms with Gasteiger partial charge >= 0.3 is 0 Å². The van der Waals surface area contributed by atoms with Crippen molar-refractivity contribution in [3.8, 4) is 5.88 Å². The zero-order chi connectivity index (χ0) is 8.81. The van der Waals surface area contributed by atoms with Gasteiger partial charge in [0.05, 0.1) is 6.61 Å². The first-order valence-electron chi connectivity index (χ1n) is 3.82. The number of aromatic nitrogens is 1. The number of ketones is 1. The van der Waals surface area contributed by atoms with Crippen LogP contribution in [0.4, 0.5) is 0 Å². The predicted octanol–water partition coefficient (Wildman–Crippen LogP) is 1.44. The highest BCUT2D eigenvalue weighted by Gasteiger charge is 1.95. The van der Waals surface area contributed by atoms with Gasteiger partial charge in [-0.05, 0) is 13.0 Å². The summed E-state index contributed by atoms with van der Waals surface area (Å²) in [4.78, 5) is 14.5. The van der Waals surface area contributed by atoms with Crippen molar-refractivity contribution in [3.05, 3.63) is 24.4 Å². The summed E-state index contributed by atoms with van der Waals surface area (Å²) in [7, 11) is 0. The summed E-state index contributed by atoms with van der Waals surface area (Å²) in [5.41, 5.74) is 0. The van der Waals surface area contributed by atoms with Crippen molar-refractivity contribution in [2.45, 2.75) is 13.3 Å². The van der Waals surface area contributed by atoms with Crippen LogP contribution in [0.25, 0.3) is 0 Å². The molecule has 1 rings (SSSR count). The Balaban J connectivity index is 2.29. The van der Waals surface area contributed by atoms with E-state index in [0.29, 0.717) is 18.9 Å². The zero-order valence-electron chi connectivity index (χ0n) is 6.99. The van der Waals surface area contributed by atoms with Gasteiger partial charge in [-0.15, -0.1) is 0 Å². The molecule has 0 saturated heterocycles. The molecular formula is C9H11NO2. The standard InChI is InChI=1S/C9H11NO2/c1-8(11)5-7-12-9-4-2-3-6-10-9/h2-4,6H,5,7H2,1H3. The molecule has 0 spiro atoms. The minimum atomic E-state index is 0.130. The lowest BCUT2D eigenvalue weighted by atomic mass is 10.3. The summed E-state index contributed by atoms with van der Waals surface area (Å²) < 4.78 is 5.18. The second kappa shape index (κ2) is 4.49. The van der Waals surface area contributed by atoms with Crippen LogP contribution in [-0.4, -0.2) is 17.4 Å². The lowest BCUT2D eigenvalue weighted by Gasteiger charge is -2.01. The fourth-order valence-corrected chi connectivity index (χ4v) is 0.732. The highest BCUT2D eigenvalue weighted by Crippen LogP contribution is 2.03. The molecule has 3 nitrogen and oxygen atoms in total. The van der Waals surface area contributed by atoms with Crippen molar-refractivity contribution < 1.29 is 9.53 Å². The molecule has 0 aromatic carbocycles. The van der Waals surface area contributed by atoms with Gasteiger partial charge in [-0.2, -0.15) is 0 Å². The number of ether oxygens (including phenoxy) is 1. The molecule has 12 heavy (non-hydrogen) atoms. The molecule has 0 atom stereocenters. The first-order valence-corrected chi connectivity index (χ1v) is 3.82. The highest BCUT2D eigenvalue weighted by molar-refractivity contribution is 5.75. The van der Waals surface area contributed by atoms with E-state index >= 15 is 0 Å². The third kappa shape index (κ3) is 3.14. The molecule has 3 heteroatoms. The number of hydrogen-bond acceptors (Lipinski definition) is 3. The Labute approximate surface area is 71.4 Å².